The van der Waals surface area contributed by atoms with Gasteiger partial charge in [0.15, 0.2) is 0 Å². The second-order valence-corrected chi connectivity index (χ2v) is 9.06. The number of hydrogen-bond acceptors (Lipinski definition) is 8. The topological polar surface area (TPSA) is 96.2 Å². The van der Waals surface area contributed by atoms with Crippen LogP contribution in [-0.2, 0) is 11.3 Å². The molecule has 1 aromatic carbocycles. The molecule has 3 heterocycles. The Kier molecular flexibility index (Phi) is 6.77. The molecule has 0 atom stereocenters. The number of aliphatic hydroxyl groups is 1. The quantitative estimate of drug-likeness (QED) is 0.392. The first kappa shape index (κ1) is 23.0. The first-order valence-corrected chi connectivity index (χ1v) is 11.4. The summed E-state index contributed by atoms with van der Waals surface area (Å²) in [6.07, 6.45) is 3.23. The monoisotopic (exact) mass is 482 g/mol. The van der Waals surface area contributed by atoms with Gasteiger partial charge in [0.1, 0.15) is 21.5 Å². The normalized spacial score (nSPS) is 15.0. The molecule has 1 amide bonds. The summed E-state index contributed by atoms with van der Waals surface area (Å²) in [6, 6.07) is 11.0. The summed E-state index contributed by atoms with van der Waals surface area (Å²) in [5.41, 5.74) is 2.19. The number of rotatable bonds is 7. The Hall–Kier alpha value is -3.21. The van der Waals surface area contributed by atoms with E-state index in [1.54, 1.807) is 19.4 Å². The molecule has 0 saturated carbocycles. The number of pyridine rings is 1. The number of nitrogens with one attached hydrogen (secondary N) is 1. The van der Waals surface area contributed by atoms with Gasteiger partial charge in [-0.1, -0.05) is 42.2 Å². The van der Waals surface area contributed by atoms with Gasteiger partial charge in [-0.2, -0.15) is 0 Å². The van der Waals surface area contributed by atoms with Gasteiger partial charge in [0.25, 0.3) is 11.5 Å². The molecule has 10 heteroatoms. The highest BCUT2D eigenvalue weighted by Crippen LogP contribution is 2.34. The second kappa shape index (κ2) is 9.74. The molecule has 0 radical (unpaired) electrons. The number of thioether (sulfide) groups is 1. The third-order valence-electron chi connectivity index (χ3n) is 5.06. The fourth-order valence-corrected chi connectivity index (χ4v) is 4.62. The van der Waals surface area contributed by atoms with Gasteiger partial charge < -0.3 is 15.2 Å². The largest absolute Gasteiger partial charge is 0.497 e. The van der Waals surface area contributed by atoms with Gasteiger partial charge >= 0.3 is 0 Å². The van der Waals surface area contributed by atoms with E-state index in [0.29, 0.717) is 27.2 Å². The minimum atomic E-state index is -0.315. The van der Waals surface area contributed by atoms with Crippen molar-refractivity contribution in [2.75, 3.05) is 25.6 Å². The Morgan fingerprint density at radius 1 is 1.21 bits per heavy atom. The number of benzene rings is 1. The van der Waals surface area contributed by atoms with Gasteiger partial charge in [-0.05, 0) is 42.3 Å². The highest BCUT2D eigenvalue weighted by molar-refractivity contribution is 8.26. The number of amides is 1. The van der Waals surface area contributed by atoms with Crippen LogP contribution < -0.4 is 15.6 Å². The van der Waals surface area contributed by atoms with Gasteiger partial charge in [0.05, 0.1) is 30.7 Å². The van der Waals surface area contributed by atoms with E-state index in [9.17, 15) is 14.7 Å². The van der Waals surface area contributed by atoms with Crippen molar-refractivity contribution in [2.24, 2.45) is 0 Å². The molecule has 170 valence electrons. The third-order valence-corrected chi connectivity index (χ3v) is 6.44. The lowest BCUT2D eigenvalue weighted by atomic mass is 10.2. The second-order valence-electron chi connectivity index (χ2n) is 7.38. The van der Waals surface area contributed by atoms with Gasteiger partial charge in [-0.25, -0.2) is 4.98 Å². The van der Waals surface area contributed by atoms with Crippen molar-refractivity contribution in [3.05, 3.63) is 74.5 Å². The number of aliphatic hydroxyl groups excluding tert-OH is 1. The molecule has 1 aliphatic rings. The van der Waals surface area contributed by atoms with Crippen LogP contribution in [-0.4, -0.2) is 49.9 Å². The van der Waals surface area contributed by atoms with Crippen LogP contribution in [0.4, 0.5) is 5.82 Å². The van der Waals surface area contributed by atoms with Crippen LogP contribution >= 0.6 is 24.0 Å². The van der Waals surface area contributed by atoms with Gasteiger partial charge in [0, 0.05) is 12.7 Å². The number of fused-ring (bicyclic) bond motifs is 1. The predicted molar refractivity (Wildman–Crippen MR) is 133 cm³/mol. The lowest BCUT2D eigenvalue weighted by Gasteiger charge is -2.14. The average Bonchev–Trinajstić information content (AvgIpc) is 3.08. The summed E-state index contributed by atoms with van der Waals surface area (Å²) in [6.45, 7) is 2.29. The first-order chi connectivity index (χ1) is 15.9. The Morgan fingerprint density at radius 3 is 2.67 bits per heavy atom. The fraction of sp³-hybridized carbons (Fsp3) is 0.217. The molecule has 0 aliphatic carbocycles. The zero-order valence-corrected chi connectivity index (χ0v) is 19.7. The van der Waals surface area contributed by atoms with E-state index in [2.05, 4.69) is 10.3 Å². The molecule has 0 spiro atoms. The number of aryl methyl sites for hydroxylation is 1. The van der Waals surface area contributed by atoms with E-state index in [1.807, 2.05) is 37.3 Å². The smallest absolute Gasteiger partial charge is 0.267 e. The molecule has 1 saturated heterocycles. The summed E-state index contributed by atoms with van der Waals surface area (Å²) in [5, 5.41) is 12.2. The molecule has 2 aromatic heterocycles. The van der Waals surface area contributed by atoms with E-state index in [1.165, 1.54) is 15.4 Å². The van der Waals surface area contributed by atoms with Crippen LogP contribution in [0.3, 0.4) is 0 Å². The van der Waals surface area contributed by atoms with Crippen LogP contribution in [0.2, 0.25) is 0 Å². The van der Waals surface area contributed by atoms with Crippen LogP contribution in [0.15, 0.2) is 52.3 Å². The molecule has 4 rings (SSSR count). The van der Waals surface area contributed by atoms with Gasteiger partial charge in [-0.15, -0.1) is 0 Å². The molecule has 0 bridgehead atoms. The van der Waals surface area contributed by atoms with Crippen LogP contribution in [0, 0.1) is 6.92 Å². The zero-order chi connectivity index (χ0) is 23.5. The highest BCUT2D eigenvalue weighted by Gasteiger charge is 2.32. The molecular weight excluding hydrogens is 460 g/mol. The summed E-state index contributed by atoms with van der Waals surface area (Å²) in [7, 11) is 1.59. The van der Waals surface area contributed by atoms with Gasteiger partial charge in [0.2, 0.25) is 0 Å². The van der Waals surface area contributed by atoms with E-state index >= 15 is 0 Å². The van der Waals surface area contributed by atoms with Crippen molar-refractivity contribution >= 4 is 51.7 Å². The maximum atomic E-state index is 13.3. The maximum Gasteiger partial charge on any atom is 0.267 e. The van der Waals surface area contributed by atoms with E-state index in [0.717, 1.165) is 28.6 Å². The molecule has 3 aromatic rings. The summed E-state index contributed by atoms with van der Waals surface area (Å²) in [5.74, 6) is 0.757. The Bertz CT molecular complexity index is 1320. The summed E-state index contributed by atoms with van der Waals surface area (Å²) >= 11 is 6.59. The maximum absolute atomic E-state index is 13.3. The minimum Gasteiger partial charge on any atom is -0.497 e. The zero-order valence-electron chi connectivity index (χ0n) is 18.1. The van der Waals surface area contributed by atoms with E-state index in [4.69, 9.17) is 17.0 Å². The third kappa shape index (κ3) is 4.77. The number of aromatic nitrogens is 2. The van der Waals surface area contributed by atoms with Crippen molar-refractivity contribution in [3.63, 3.8) is 0 Å². The number of carbonyl (C=O) groups is 1. The van der Waals surface area contributed by atoms with E-state index < -0.39 is 0 Å². The lowest BCUT2D eigenvalue weighted by molar-refractivity contribution is -0.122. The number of carbonyl (C=O) groups excluding carboxylic acids is 1. The Morgan fingerprint density at radius 2 is 1.97 bits per heavy atom. The number of thiocarbonyl (C=S) groups is 1. The fourth-order valence-electron chi connectivity index (χ4n) is 3.38. The van der Waals surface area contributed by atoms with Gasteiger partial charge in [-0.3, -0.25) is 18.9 Å². The average molecular weight is 483 g/mol. The highest BCUT2D eigenvalue weighted by atomic mass is 32.2. The van der Waals surface area contributed by atoms with Crippen molar-refractivity contribution in [3.8, 4) is 5.75 Å². The van der Waals surface area contributed by atoms with Crippen molar-refractivity contribution in [1.29, 1.82) is 0 Å². The molecule has 33 heavy (non-hydrogen) atoms. The van der Waals surface area contributed by atoms with Crippen LogP contribution in [0.25, 0.3) is 11.7 Å². The minimum absolute atomic E-state index is 0.127. The predicted octanol–water partition coefficient (Wildman–Crippen LogP) is 2.82. The standard InChI is InChI=1S/C23H22N4O4S2/c1-14-3-8-19-25-20(24-9-10-28)17(21(29)26(19)12-14)11-18-22(30)27(23(32)33-18)13-15-4-6-16(31-2)7-5-15/h3-8,11-12,24,28H,9-10,13H2,1-2H3/b18-11+. The van der Waals surface area contributed by atoms with Crippen molar-refractivity contribution in [2.45, 2.75) is 13.5 Å². The molecule has 0 unspecified atom stereocenters. The first-order valence-electron chi connectivity index (χ1n) is 10.2. The number of ether oxygens (including phenoxy) is 1. The Labute approximate surface area is 199 Å². The number of hydrogen-bond donors (Lipinski definition) is 2. The number of anilines is 1. The lowest BCUT2D eigenvalue weighted by Crippen LogP contribution is -2.27. The SMILES string of the molecule is COc1ccc(CN2C(=O)/C(=C\c3c(NCCO)nc4ccc(C)cn4c3=O)SC2=S)cc1. The molecule has 1 aliphatic heterocycles. The van der Waals surface area contributed by atoms with Crippen molar-refractivity contribution in [1.82, 2.24) is 14.3 Å². The number of methoxy groups -OCH3 is 1. The van der Waals surface area contributed by atoms with Crippen LogP contribution in [0.5, 0.6) is 5.75 Å². The molecule has 8 nitrogen and oxygen atoms in total. The Balaban J connectivity index is 1.70. The molecule has 2 N–H and O–H groups in total. The molecule has 1 fully saturated rings. The summed E-state index contributed by atoms with van der Waals surface area (Å²) in [4.78, 5) is 32.8. The van der Waals surface area contributed by atoms with Crippen molar-refractivity contribution < 1.29 is 14.6 Å². The summed E-state index contributed by atoms with van der Waals surface area (Å²) < 4.78 is 7.04. The number of nitrogens with zero attached hydrogens (tertiary/aromatic N) is 3. The van der Waals surface area contributed by atoms with E-state index in [-0.39, 0.29) is 30.2 Å². The van der Waals surface area contributed by atoms with Crippen LogP contribution in [0.1, 0.15) is 16.7 Å². The molecular formula is C23H22N4O4S2.